The zero-order valence-electron chi connectivity index (χ0n) is 10.9. The van der Waals surface area contributed by atoms with Gasteiger partial charge in [-0.2, -0.15) is 0 Å². The highest BCUT2D eigenvalue weighted by atomic mass is 14.9. The Morgan fingerprint density at radius 3 is 2.28 bits per heavy atom. The molecule has 2 aromatic rings. The molecule has 0 aliphatic carbocycles. The normalized spacial score (nSPS) is 12.6. The van der Waals surface area contributed by atoms with Crippen LogP contribution in [0.25, 0.3) is 6.08 Å². The summed E-state index contributed by atoms with van der Waals surface area (Å²) in [4.78, 5) is 0. The van der Waals surface area contributed by atoms with Crippen molar-refractivity contribution in [2.24, 2.45) is 0 Å². The molecule has 1 nitrogen and oxygen atoms in total. The van der Waals surface area contributed by atoms with Gasteiger partial charge < -0.3 is 5.32 Å². The quantitative estimate of drug-likeness (QED) is 0.825. The molecule has 1 N–H and O–H groups in total. The Labute approximate surface area is 109 Å². The molecule has 92 valence electrons. The Morgan fingerprint density at radius 2 is 1.61 bits per heavy atom. The molecule has 18 heavy (non-hydrogen) atoms. The smallest absolute Gasteiger partial charge is 0.0419 e. The number of nitrogens with one attached hydrogen (secondary N) is 1. The minimum absolute atomic E-state index is 0.313. The second-order valence-corrected chi connectivity index (χ2v) is 4.57. The van der Waals surface area contributed by atoms with Crippen molar-refractivity contribution < 1.29 is 0 Å². The number of rotatable bonds is 4. The highest BCUT2D eigenvalue weighted by Crippen LogP contribution is 2.11. The molecule has 0 saturated heterocycles. The second kappa shape index (κ2) is 6.06. The van der Waals surface area contributed by atoms with Gasteiger partial charge in [-0.25, -0.2) is 0 Å². The molecule has 0 aliphatic heterocycles. The summed E-state index contributed by atoms with van der Waals surface area (Å²) in [6.45, 7) is 4.25. The van der Waals surface area contributed by atoms with Crippen LogP contribution in [0.15, 0.2) is 60.7 Å². The maximum Gasteiger partial charge on any atom is 0.0419 e. The van der Waals surface area contributed by atoms with Crippen LogP contribution in [0.3, 0.4) is 0 Å². The van der Waals surface area contributed by atoms with E-state index < -0.39 is 0 Å². The lowest BCUT2D eigenvalue weighted by Crippen LogP contribution is -2.11. The summed E-state index contributed by atoms with van der Waals surface area (Å²) in [6, 6.07) is 19.1. The van der Waals surface area contributed by atoms with Crippen molar-refractivity contribution >= 4 is 11.8 Å². The molecule has 0 saturated carbocycles. The molecule has 0 unspecified atom stereocenters. The summed E-state index contributed by atoms with van der Waals surface area (Å²) in [7, 11) is 0. The lowest BCUT2D eigenvalue weighted by atomic mass is 10.1. The van der Waals surface area contributed by atoms with Gasteiger partial charge in [-0.15, -0.1) is 0 Å². The zero-order valence-corrected chi connectivity index (χ0v) is 10.9. The Hall–Kier alpha value is -2.02. The van der Waals surface area contributed by atoms with Crippen molar-refractivity contribution in [3.05, 3.63) is 71.8 Å². The summed E-state index contributed by atoms with van der Waals surface area (Å²) >= 11 is 0. The molecule has 0 bridgehead atoms. The Balaban J connectivity index is 1.94. The first-order chi connectivity index (χ1) is 8.74. The van der Waals surface area contributed by atoms with Gasteiger partial charge in [0.2, 0.25) is 0 Å². The van der Waals surface area contributed by atoms with E-state index in [0.29, 0.717) is 6.04 Å². The lowest BCUT2D eigenvalue weighted by molar-refractivity contribution is 1.00. The number of aryl methyl sites for hydroxylation is 1. The molecule has 0 amide bonds. The molecule has 1 heteroatoms. The fourth-order valence-corrected chi connectivity index (χ4v) is 1.78. The Bertz CT molecular complexity index is 497. The van der Waals surface area contributed by atoms with Crippen LogP contribution in [0.4, 0.5) is 5.69 Å². The maximum absolute atomic E-state index is 3.45. The van der Waals surface area contributed by atoms with Gasteiger partial charge >= 0.3 is 0 Å². The monoisotopic (exact) mass is 237 g/mol. The zero-order chi connectivity index (χ0) is 12.8. The van der Waals surface area contributed by atoms with Crippen LogP contribution in [0, 0.1) is 6.92 Å². The summed E-state index contributed by atoms with van der Waals surface area (Å²) in [5.74, 6) is 0. The van der Waals surface area contributed by atoms with E-state index in [9.17, 15) is 0 Å². The molecule has 2 rings (SSSR count). The molecule has 2 aromatic carbocycles. The second-order valence-electron chi connectivity index (χ2n) is 4.57. The number of anilines is 1. The van der Waals surface area contributed by atoms with Crippen LogP contribution in [-0.4, -0.2) is 6.04 Å². The van der Waals surface area contributed by atoms with E-state index in [1.165, 1.54) is 11.1 Å². The molecule has 0 fully saturated rings. The predicted octanol–water partition coefficient (Wildman–Crippen LogP) is 4.51. The van der Waals surface area contributed by atoms with Crippen LogP contribution in [0.2, 0.25) is 0 Å². The van der Waals surface area contributed by atoms with Crippen LogP contribution in [0.5, 0.6) is 0 Å². The maximum atomic E-state index is 3.45. The van der Waals surface area contributed by atoms with Crippen molar-refractivity contribution in [2.75, 3.05) is 5.32 Å². The first kappa shape index (κ1) is 12.4. The fraction of sp³-hybridized carbons (Fsp3) is 0.176. The minimum Gasteiger partial charge on any atom is -0.379 e. The average molecular weight is 237 g/mol. The molecule has 0 heterocycles. The third-order valence-electron chi connectivity index (χ3n) is 2.82. The standard InChI is InChI=1S/C17H19N/c1-14-8-12-17(13-9-14)18-15(2)10-11-16-6-4-3-5-7-16/h3-13,15,18H,1-2H3/b11-10+/t15-/m0/s1. The molecule has 1 atom stereocenters. The molecular formula is C17H19N. The highest BCUT2D eigenvalue weighted by Gasteiger charge is 1.96. The summed E-state index contributed by atoms with van der Waals surface area (Å²) in [5, 5.41) is 3.45. The largest absolute Gasteiger partial charge is 0.379 e. The van der Waals surface area contributed by atoms with Crippen molar-refractivity contribution in [3.63, 3.8) is 0 Å². The van der Waals surface area contributed by atoms with E-state index in [2.05, 4.69) is 79.8 Å². The van der Waals surface area contributed by atoms with Gasteiger partial charge in [-0.1, -0.05) is 60.2 Å². The van der Waals surface area contributed by atoms with Crippen LogP contribution in [0.1, 0.15) is 18.1 Å². The number of benzene rings is 2. The van der Waals surface area contributed by atoms with Crippen molar-refractivity contribution in [1.82, 2.24) is 0 Å². The van der Waals surface area contributed by atoms with Gasteiger partial charge in [0, 0.05) is 11.7 Å². The molecule has 0 spiro atoms. The van der Waals surface area contributed by atoms with Crippen molar-refractivity contribution in [1.29, 1.82) is 0 Å². The molecule has 0 radical (unpaired) electrons. The van der Waals surface area contributed by atoms with E-state index in [4.69, 9.17) is 0 Å². The summed E-state index contributed by atoms with van der Waals surface area (Å²) in [6.07, 6.45) is 4.32. The van der Waals surface area contributed by atoms with E-state index in [0.717, 1.165) is 5.69 Å². The molecule has 0 aromatic heterocycles. The van der Waals surface area contributed by atoms with Crippen LogP contribution < -0.4 is 5.32 Å². The van der Waals surface area contributed by atoms with E-state index >= 15 is 0 Å². The van der Waals surface area contributed by atoms with Gasteiger partial charge in [-0.3, -0.25) is 0 Å². The van der Waals surface area contributed by atoms with Crippen LogP contribution in [-0.2, 0) is 0 Å². The molecular weight excluding hydrogens is 218 g/mol. The Kier molecular flexibility index (Phi) is 4.19. The van der Waals surface area contributed by atoms with Gasteiger partial charge in [-0.05, 0) is 31.5 Å². The van der Waals surface area contributed by atoms with Crippen LogP contribution >= 0.6 is 0 Å². The summed E-state index contributed by atoms with van der Waals surface area (Å²) in [5.41, 5.74) is 3.67. The topological polar surface area (TPSA) is 12.0 Å². The Morgan fingerprint density at radius 1 is 0.944 bits per heavy atom. The van der Waals surface area contributed by atoms with Crippen molar-refractivity contribution in [3.8, 4) is 0 Å². The van der Waals surface area contributed by atoms with Crippen molar-refractivity contribution in [2.45, 2.75) is 19.9 Å². The van der Waals surface area contributed by atoms with Gasteiger partial charge in [0.1, 0.15) is 0 Å². The van der Waals surface area contributed by atoms with Gasteiger partial charge in [0.25, 0.3) is 0 Å². The van der Waals surface area contributed by atoms with E-state index in [1.54, 1.807) is 0 Å². The first-order valence-corrected chi connectivity index (χ1v) is 6.30. The third kappa shape index (κ3) is 3.77. The number of hydrogen-bond acceptors (Lipinski definition) is 1. The van der Waals surface area contributed by atoms with Gasteiger partial charge in [0.15, 0.2) is 0 Å². The average Bonchev–Trinajstić information content (AvgIpc) is 2.40. The minimum atomic E-state index is 0.313. The van der Waals surface area contributed by atoms with Gasteiger partial charge in [0.05, 0.1) is 0 Å². The summed E-state index contributed by atoms with van der Waals surface area (Å²) < 4.78 is 0. The van der Waals surface area contributed by atoms with E-state index in [-0.39, 0.29) is 0 Å². The lowest BCUT2D eigenvalue weighted by Gasteiger charge is -2.11. The predicted molar refractivity (Wildman–Crippen MR) is 79.7 cm³/mol. The number of hydrogen-bond donors (Lipinski definition) is 1. The highest BCUT2D eigenvalue weighted by molar-refractivity contribution is 5.52. The molecule has 0 aliphatic rings. The van der Waals surface area contributed by atoms with E-state index in [1.807, 2.05) is 6.07 Å². The fourth-order valence-electron chi connectivity index (χ4n) is 1.78. The SMILES string of the molecule is Cc1ccc(N[C@@H](C)/C=C/c2ccccc2)cc1. The third-order valence-corrected chi connectivity index (χ3v) is 2.82. The first-order valence-electron chi connectivity index (χ1n) is 6.30.